The second kappa shape index (κ2) is 8.68. The molecule has 2 aromatic carbocycles. The number of hydrogen-bond donors (Lipinski definition) is 2. The number of benzene rings is 2. The smallest absolute Gasteiger partial charge is 0.180 e. The molecular weight excluding hydrogens is 432 g/mol. The largest absolute Gasteiger partial charge is 0.493 e. The zero-order chi connectivity index (χ0) is 22.9. The van der Waals surface area contributed by atoms with Crippen LogP contribution in [0.5, 0.6) is 11.5 Å². The molecule has 2 N–H and O–H groups in total. The van der Waals surface area contributed by atoms with Gasteiger partial charge in [-0.25, -0.2) is 9.97 Å². The van der Waals surface area contributed by atoms with Gasteiger partial charge in [-0.2, -0.15) is 5.10 Å². The van der Waals surface area contributed by atoms with E-state index < -0.39 is 0 Å². The van der Waals surface area contributed by atoms with Crippen molar-refractivity contribution in [2.45, 2.75) is 18.9 Å². The van der Waals surface area contributed by atoms with Gasteiger partial charge >= 0.3 is 0 Å². The predicted octanol–water partition coefficient (Wildman–Crippen LogP) is 4.58. The van der Waals surface area contributed by atoms with Crippen molar-refractivity contribution in [1.29, 1.82) is 0 Å². The van der Waals surface area contributed by atoms with Crippen molar-refractivity contribution in [2.24, 2.45) is 0 Å². The Morgan fingerprint density at radius 1 is 1.21 bits per heavy atom. The second-order valence-electron chi connectivity index (χ2n) is 8.24. The van der Waals surface area contributed by atoms with Crippen LogP contribution in [0.4, 0.5) is 11.5 Å². The van der Waals surface area contributed by atoms with Crippen molar-refractivity contribution < 1.29 is 14.2 Å². The number of methoxy groups -OCH3 is 1. The maximum Gasteiger partial charge on any atom is 0.180 e. The van der Waals surface area contributed by atoms with E-state index in [1.54, 1.807) is 19.5 Å². The van der Waals surface area contributed by atoms with Crippen LogP contribution in [0, 0.1) is 0 Å². The summed E-state index contributed by atoms with van der Waals surface area (Å²) in [4.78, 5) is 9.36. The summed E-state index contributed by atoms with van der Waals surface area (Å²) >= 11 is 0. The van der Waals surface area contributed by atoms with Crippen LogP contribution in [0.1, 0.15) is 12.8 Å². The lowest BCUT2D eigenvalue weighted by Crippen LogP contribution is -2.16. The minimum atomic E-state index is 0.143. The molecule has 1 atom stereocenters. The first-order chi connectivity index (χ1) is 16.8. The van der Waals surface area contributed by atoms with Crippen LogP contribution >= 0.6 is 0 Å². The maximum absolute atomic E-state index is 5.96. The number of fused-ring (bicyclic) bond motifs is 2. The molecule has 172 valence electrons. The highest BCUT2D eigenvalue weighted by atomic mass is 16.5. The summed E-state index contributed by atoms with van der Waals surface area (Å²) in [6.45, 7) is 1.32. The van der Waals surface area contributed by atoms with Crippen LogP contribution in [0.25, 0.3) is 27.8 Å². The van der Waals surface area contributed by atoms with Crippen LogP contribution in [-0.4, -0.2) is 51.0 Å². The molecule has 1 aliphatic heterocycles. The summed E-state index contributed by atoms with van der Waals surface area (Å²) < 4.78 is 19.1. The van der Waals surface area contributed by atoms with Gasteiger partial charge in [0.25, 0.3) is 0 Å². The van der Waals surface area contributed by atoms with Crippen LogP contribution in [0.2, 0.25) is 0 Å². The van der Waals surface area contributed by atoms with Crippen molar-refractivity contribution in [3.63, 3.8) is 0 Å². The summed E-state index contributed by atoms with van der Waals surface area (Å²) in [6.07, 6.45) is 9.68. The molecule has 0 bridgehead atoms. The number of nitrogens with one attached hydrogen (secondary N) is 2. The van der Waals surface area contributed by atoms with Crippen molar-refractivity contribution in [3.8, 4) is 22.8 Å². The first-order valence-corrected chi connectivity index (χ1v) is 11.2. The lowest BCUT2D eigenvalue weighted by Gasteiger charge is -2.16. The van der Waals surface area contributed by atoms with E-state index in [1.807, 2.05) is 53.2 Å². The third-order valence-corrected chi connectivity index (χ3v) is 5.99. The molecule has 1 saturated heterocycles. The Hall–Kier alpha value is -4.11. The molecule has 6 rings (SSSR count). The summed E-state index contributed by atoms with van der Waals surface area (Å²) in [7, 11) is 1.63. The number of ether oxygens (including phenoxy) is 3. The van der Waals surface area contributed by atoms with E-state index in [0.29, 0.717) is 23.9 Å². The van der Waals surface area contributed by atoms with Gasteiger partial charge in [-0.15, -0.1) is 0 Å². The van der Waals surface area contributed by atoms with E-state index in [9.17, 15) is 0 Å². The van der Waals surface area contributed by atoms with Gasteiger partial charge in [-0.1, -0.05) is 12.1 Å². The molecule has 0 amide bonds. The van der Waals surface area contributed by atoms with Crippen molar-refractivity contribution in [3.05, 3.63) is 61.2 Å². The molecular formula is C25H24N6O3. The number of imidazole rings is 1. The molecule has 0 saturated carbocycles. The molecule has 3 aromatic heterocycles. The number of nitrogens with zero attached hydrogens (tertiary/aromatic N) is 4. The molecule has 34 heavy (non-hydrogen) atoms. The third kappa shape index (κ3) is 3.90. The number of aromatic amines is 1. The fraction of sp³-hybridized carbons (Fsp3) is 0.240. The van der Waals surface area contributed by atoms with E-state index >= 15 is 0 Å². The van der Waals surface area contributed by atoms with E-state index in [4.69, 9.17) is 19.2 Å². The Morgan fingerprint density at radius 2 is 2.18 bits per heavy atom. The highest BCUT2D eigenvalue weighted by molar-refractivity contribution is 5.84. The second-order valence-corrected chi connectivity index (χ2v) is 8.24. The van der Waals surface area contributed by atoms with Gasteiger partial charge in [0.2, 0.25) is 0 Å². The molecule has 1 fully saturated rings. The topological polar surface area (TPSA) is 98.6 Å². The molecule has 5 aromatic rings. The van der Waals surface area contributed by atoms with Crippen LogP contribution in [-0.2, 0) is 4.74 Å². The van der Waals surface area contributed by atoms with Gasteiger partial charge in [0, 0.05) is 47.9 Å². The molecule has 4 heterocycles. The predicted molar refractivity (Wildman–Crippen MR) is 129 cm³/mol. The first kappa shape index (κ1) is 20.5. The van der Waals surface area contributed by atoms with Gasteiger partial charge < -0.3 is 23.9 Å². The van der Waals surface area contributed by atoms with Gasteiger partial charge in [0.1, 0.15) is 6.61 Å². The summed E-state index contributed by atoms with van der Waals surface area (Å²) in [5.41, 5.74) is 4.30. The molecule has 9 heteroatoms. The van der Waals surface area contributed by atoms with E-state index in [0.717, 1.165) is 52.9 Å². The Morgan fingerprint density at radius 3 is 3.06 bits per heavy atom. The van der Waals surface area contributed by atoms with Crippen molar-refractivity contribution >= 4 is 28.1 Å². The van der Waals surface area contributed by atoms with Gasteiger partial charge in [0.05, 0.1) is 30.6 Å². The third-order valence-electron chi connectivity index (χ3n) is 5.99. The fourth-order valence-electron chi connectivity index (χ4n) is 4.21. The van der Waals surface area contributed by atoms with Gasteiger partial charge in [-0.3, -0.25) is 5.10 Å². The number of H-pyrrole nitrogens is 1. The highest BCUT2D eigenvalue weighted by Crippen LogP contribution is 2.33. The number of aromatic nitrogens is 5. The van der Waals surface area contributed by atoms with Crippen LogP contribution in [0.3, 0.4) is 0 Å². The molecule has 1 aliphatic rings. The molecule has 9 nitrogen and oxygen atoms in total. The summed E-state index contributed by atoms with van der Waals surface area (Å²) in [5, 5.41) is 11.6. The minimum Gasteiger partial charge on any atom is -0.493 e. The Kier molecular flexibility index (Phi) is 5.23. The van der Waals surface area contributed by atoms with Crippen molar-refractivity contribution in [2.75, 3.05) is 25.6 Å². The molecule has 0 unspecified atom stereocenters. The zero-order valence-corrected chi connectivity index (χ0v) is 18.7. The minimum absolute atomic E-state index is 0.143. The summed E-state index contributed by atoms with van der Waals surface area (Å²) in [5.74, 6) is 1.97. The van der Waals surface area contributed by atoms with E-state index in [1.165, 1.54) is 0 Å². The zero-order valence-electron chi connectivity index (χ0n) is 18.7. The van der Waals surface area contributed by atoms with E-state index in [-0.39, 0.29) is 6.10 Å². The lowest BCUT2D eigenvalue weighted by atomic mass is 10.1. The Labute approximate surface area is 195 Å². The number of rotatable bonds is 7. The van der Waals surface area contributed by atoms with Crippen LogP contribution < -0.4 is 14.8 Å². The number of hydrogen-bond acceptors (Lipinski definition) is 7. The molecule has 0 aliphatic carbocycles. The highest BCUT2D eigenvalue weighted by Gasteiger charge is 2.17. The molecule has 0 spiro atoms. The quantitative estimate of drug-likeness (QED) is 0.370. The SMILES string of the molecule is COc1cc(Nc2nc(-c3ccc4cn[nH]c4c3)cn3ccnc23)ccc1OC[C@H]1CCCO1. The maximum atomic E-state index is 5.96. The average Bonchev–Trinajstić information content (AvgIpc) is 3.64. The fourth-order valence-corrected chi connectivity index (χ4v) is 4.21. The normalized spacial score (nSPS) is 15.7. The monoisotopic (exact) mass is 456 g/mol. The summed E-state index contributed by atoms with van der Waals surface area (Å²) in [6, 6.07) is 11.8. The number of anilines is 2. The van der Waals surface area contributed by atoms with Crippen LogP contribution in [0.15, 0.2) is 61.2 Å². The van der Waals surface area contributed by atoms with Gasteiger partial charge in [-0.05, 0) is 31.0 Å². The average molecular weight is 457 g/mol. The van der Waals surface area contributed by atoms with Gasteiger partial charge in [0.15, 0.2) is 23.0 Å². The molecule has 0 radical (unpaired) electrons. The van der Waals surface area contributed by atoms with Crippen molar-refractivity contribution in [1.82, 2.24) is 24.6 Å². The standard InChI is InChI=1S/C25H24N6O3/c1-32-23-12-18(6-7-22(23)34-15-19-3-2-10-33-19)28-24-25-26-8-9-31(25)14-21(29-24)16-4-5-17-13-27-30-20(17)11-16/h4-9,11-14,19H,2-3,10,15H2,1H3,(H,27,30)(H,28,29)/t19-/m1/s1. The Bertz CT molecular complexity index is 1450. The first-order valence-electron chi connectivity index (χ1n) is 11.2. The van der Waals surface area contributed by atoms with E-state index in [2.05, 4.69) is 20.5 Å². The Balaban J connectivity index is 1.30. The lowest BCUT2D eigenvalue weighted by molar-refractivity contribution is 0.0670.